The van der Waals surface area contributed by atoms with Crippen LogP contribution in [0.25, 0.3) is 0 Å². The molecule has 1 fully saturated rings. The Morgan fingerprint density at radius 3 is 2.68 bits per heavy atom. The highest BCUT2D eigenvalue weighted by atomic mass is 32.2. The predicted molar refractivity (Wildman–Crippen MR) is 93.0 cm³/mol. The fraction of sp³-hybridized carbons (Fsp3) is 0.588. The summed E-state index contributed by atoms with van der Waals surface area (Å²) in [5.41, 5.74) is -0.472. The molecule has 1 atom stereocenters. The molecule has 6 nitrogen and oxygen atoms in total. The summed E-state index contributed by atoms with van der Waals surface area (Å²) in [6, 6.07) is 5.52. The number of amides is 1. The Bertz CT molecular complexity index is 716. The first-order valence-corrected chi connectivity index (χ1v) is 9.88. The second kappa shape index (κ2) is 7.70. The maximum Gasteiger partial charge on any atom is 0.407 e. The zero-order chi connectivity index (χ0) is 18.7. The van der Waals surface area contributed by atoms with Gasteiger partial charge in [0.25, 0.3) is 0 Å². The van der Waals surface area contributed by atoms with Crippen molar-refractivity contribution < 1.29 is 22.3 Å². The molecule has 0 unspecified atom stereocenters. The van der Waals surface area contributed by atoms with Crippen molar-refractivity contribution in [1.29, 1.82) is 0 Å². The Morgan fingerprint density at radius 1 is 1.36 bits per heavy atom. The molecular formula is C17H25FN2O4S. The van der Waals surface area contributed by atoms with Crippen molar-refractivity contribution in [2.24, 2.45) is 0 Å². The van der Waals surface area contributed by atoms with Crippen LogP contribution < -0.4 is 5.32 Å². The summed E-state index contributed by atoms with van der Waals surface area (Å²) >= 11 is 0. The van der Waals surface area contributed by atoms with Gasteiger partial charge in [0.05, 0.1) is 5.75 Å². The molecule has 0 aromatic heterocycles. The zero-order valence-electron chi connectivity index (χ0n) is 14.8. The first-order chi connectivity index (χ1) is 11.6. The van der Waals surface area contributed by atoms with E-state index < -0.39 is 33.3 Å². The van der Waals surface area contributed by atoms with Crippen LogP contribution in [-0.2, 0) is 20.5 Å². The Kier molecular flexibility index (Phi) is 6.05. The van der Waals surface area contributed by atoms with E-state index in [2.05, 4.69) is 5.32 Å². The van der Waals surface area contributed by atoms with Gasteiger partial charge in [-0.05, 0) is 39.7 Å². The number of nitrogens with zero attached hydrogens (tertiary/aromatic N) is 1. The van der Waals surface area contributed by atoms with Crippen molar-refractivity contribution in [3.05, 3.63) is 35.6 Å². The summed E-state index contributed by atoms with van der Waals surface area (Å²) in [6.45, 7) is 5.81. The maximum atomic E-state index is 13.7. The molecule has 1 N–H and O–H groups in total. The van der Waals surface area contributed by atoms with Crippen LogP contribution in [0.3, 0.4) is 0 Å². The van der Waals surface area contributed by atoms with Crippen molar-refractivity contribution in [3.8, 4) is 0 Å². The lowest BCUT2D eigenvalue weighted by molar-refractivity contribution is 0.0487. The molecule has 0 bridgehead atoms. The molecule has 1 aromatic carbocycles. The summed E-state index contributed by atoms with van der Waals surface area (Å²) in [4.78, 5) is 11.9. The zero-order valence-corrected chi connectivity index (χ0v) is 15.6. The minimum absolute atomic E-state index is 0.143. The SMILES string of the molecule is CC(C)(C)OC(=O)N[C@H]1CCCN(S(=O)(=O)Cc2ccccc2F)C1. The molecule has 25 heavy (non-hydrogen) atoms. The van der Waals surface area contributed by atoms with Gasteiger partial charge in [0.1, 0.15) is 11.4 Å². The predicted octanol–water partition coefficient (Wildman–Crippen LogP) is 2.64. The van der Waals surface area contributed by atoms with Crippen molar-refractivity contribution in [2.45, 2.75) is 51.0 Å². The number of sulfonamides is 1. The number of alkyl carbamates (subject to hydrolysis) is 1. The van der Waals surface area contributed by atoms with Crippen LogP contribution in [0.4, 0.5) is 9.18 Å². The first kappa shape index (κ1) is 19.7. The van der Waals surface area contributed by atoms with Crippen molar-refractivity contribution in [3.63, 3.8) is 0 Å². The molecule has 1 heterocycles. The summed E-state index contributed by atoms with van der Waals surface area (Å²) < 4.78 is 45.4. The van der Waals surface area contributed by atoms with Gasteiger partial charge in [0.2, 0.25) is 10.0 Å². The normalized spacial score (nSPS) is 19.4. The van der Waals surface area contributed by atoms with Gasteiger partial charge in [-0.25, -0.2) is 17.6 Å². The number of hydrogen-bond donors (Lipinski definition) is 1. The van der Waals surface area contributed by atoms with Crippen LogP contribution in [0.2, 0.25) is 0 Å². The minimum Gasteiger partial charge on any atom is -0.444 e. The molecule has 0 radical (unpaired) electrons. The Hall–Kier alpha value is -1.67. The van der Waals surface area contributed by atoms with Crippen molar-refractivity contribution >= 4 is 16.1 Å². The smallest absolute Gasteiger partial charge is 0.407 e. The lowest BCUT2D eigenvalue weighted by atomic mass is 10.1. The highest BCUT2D eigenvalue weighted by Gasteiger charge is 2.31. The number of hydrogen-bond acceptors (Lipinski definition) is 4. The van der Waals surface area contributed by atoms with Crippen LogP contribution in [0.5, 0.6) is 0 Å². The molecular weight excluding hydrogens is 347 g/mol. The minimum atomic E-state index is -3.66. The van der Waals surface area contributed by atoms with Crippen LogP contribution in [0.15, 0.2) is 24.3 Å². The molecule has 1 aliphatic rings. The number of carbonyl (C=O) groups excluding carboxylic acids is 1. The molecule has 1 aliphatic heterocycles. The van der Waals surface area contributed by atoms with Gasteiger partial charge >= 0.3 is 6.09 Å². The van der Waals surface area contributed by atoms with E-state index in [0.29, 0.717) is 19.4 Å². The van der Waals surface area contributed by atoms with E-state index in [1.807, 2.05) is 0 Å². The van der Waals surface area contributed by atoms with Crippen LogP contribution >= 0.6 is 0 Å². The molecule has 1 saturated heterocycles. The number of ether oxygens (including phenoxy) is 1. The van der Waals surface area contributed by atoms with Gasteiger partial charge in [0.15, 0.2) is 0 Å². The summed E-state index contributed by atoms with van der Waals surface area (Å²) in [5, 5.41) is 2.71. The van der Waals surface area contributed by atoms with Gasteiger partial charge in [-0.15, -0.1) is 0 Å². The Balaban J connectivity index is 2.00. The van der Waals surface area contributed by atoms with Crippen molar-refractivity contribution in [2.75, 3.05) is 13.1 Å². The van der Waals surface area contributed by atoms with E-state index in [4.69, 9.17) is 4.74 Å². The number of rotatable bonds is 4. The molecule has 0 spiro atoms. The standard InChI is InChI=1S/C17H25FN2O4S/c1-17(2,3)24-16(21)19-14-8-6-10-20(11-14)25(22,23)12-13-7-4-5-9-15(13)18/h4-5,7,9,14H,6,8,10-12H2,1-3H3,(H,19,21)/t14-/m0/s1. The summed E-state index contributed by atoms with van der Waals surface area (Å²) in [5.74, 6) is -0.926. The van der Waals surface area contributed by atoms with Crippen LogP contribution in [0.1, 0.15) is 39.2 Å². The third-order valence-electron chi connectivity index (χ3n) is 3.79. The first-order valence-electron chi connectivity index (χ1n) is 8.27. The molecule has 8 heteroatoms. The second-order valence-corrected chi connectivity index (χ2v) is 9.16. The highest BCUT2D eigenvalue weighted by molar-refractivity contribution is 7.88. The monoisotopic (exact) mass is 372 g/mol. The van der Waals surface area contributed by atoms with Gasteiger partial charge in [0, 0.05) is 24.7 Å². The van der Waals surface area contributed by atoms with E-state index in [-0.39, 0.29) is 18.2 Å². The quantitative estimate of drug-likeness (QED) is 0.882. The number of piperidine rings is 1. The average Bonchev–Trinajstić information content (AvgIpc) is 2.48. The summed E-state index contributed by atoms with van der Waals surface area (Å²) in [7, 11) is -3.66. The van der Waals surface area contributed by atoms with Gasteiger partial charge in [-0.3, -0.25) is 0 Å². The van der Waals surface area contributed by atoms with Crippen molar-refractivity contribution in [1.82, 2.24) is 9.62 Å². The second-order valence-electron chi connectivity index (χ2n) is 7.19. The average molecular weight is 372 g/mol. The van der Waals surface area contributed by atoms with E-state index in [1.54, 1.807) is 26.8 Å². The Morgan fingerprint density at radius 2 is 2.04 bits per heavy atom. The van der Waals surface area contributed by atoms with Gasteiger partial charge in [-0.1, -0.05) is 18.2 Å². The van der Waals surface area contributed by atoms with E-state index in [1.165, 1.54) is 22.5 Å². The third kappa shape index (κ3) is 5.97. The fourth-order valence-electron chi connectivity index (χ4n) is 2.69. The molecule has 1 amide bonds. The van der Waals surface area contributed by atoms with Crippen LogP contribution in [0, 0.1) is 5.82 Å². The Labute approximate surface area is 148 Å². The number of carbonyl (C=O) groups is 1. The summed E-state index contributed by atoms with van der Waals surface area (Å²) in [6.07, 6.45) is 0.730. The van der Waals surface area contributed by atoms with E-state index in [9.17, 15) is 17.6 Å². The number of benzene rings is 1. The lowest BCUT2D eigenvalue weighted by Gasteiger charge is -2.33. The topological polar surface area (TPSA) is 75.7 Å². The molecule has 140 valence electrons. The fourth-order valence-corrected chi connectivity index (χ4v) is 4.31. The molecule has 2 rings (SSSR count). The van der Waals surface area contributed by atoms with Gasteiger partial charge in [-0.2, -0.15) is 4.31 Å². The van der Waals surface area contributed by atoms with Gasteiger partial charge < -0.3 is 10.1 Å². The van der Waals surface area contributed by atoms with Crippen LogP contribution in [-0.4, -0.2) is 43.5 Å². The highest BCUT2D eigenvalue weighted by Crippen LogP contribution is 2.19. The lowest BCUT2D eigenvalue weighted by Crippen LogP contribution is -2.50. The van der Waals surface area contributed by atoms with E-state index in [0.717, 1.165) is 0 Å². The van der Waals surface area contributed by atoms with E-state index >= 15 is 0 Å². The largest absolute Gasteiger partial charge is 0.444 e. The number of halogens is 1. The molecule has 0 saturated carbocycles. The molecule has 0 aliphatic carbocycles. The number of nitrogens with one attached hydrogen (secondary N) is 1. The molecule has 1 aromatic rings. The maximum absolute atomic E-state index is 13.7. The third-order valence-corrected chi connectivity index (χ3v) is 5.59.